The molecule has 0 atom stereocenters. The van der Waals surface area contributed by atoms with E-state index in [1.54, 1.807) is 11.8 Å². The minimum Gasteiger partial charge on any atom is -0.298 e. The van der Waals surface area contributed by atoms with Crippen molar-refractivity contribution in [3.63, 3.8) is 0 Å². The van der Waals surface area contributed by atoms with Crippen LogP contribution in [0.2, 0.25) is 0 Å². The zero-order valence-electron chi connectivity index (χ0n) is 13.3. The lowest BCUT2D eigenvalue weighted by Crippen LogP contribution is -2.13. The summed E-state index contributed by atoms with van der Waals surface area (Å²) in [6.45, 7) is 6.27. The number of nitrogens with one attached hydrogen (secondary N) is 1. The second-order valence-corrected chi connectivity index (χ2v) is 8.21. The Morgan fingerprint density at radius 3 is 2.70 bits per heavy atom. The molecule has 0 aliphatic heterocycles. The monoisotopic (exact) mass is 342 g/mol. The van der Waals surface area contributed by atoms with E-state index in [9.17, 15) is 4.79 Å². The smallest absolute Gasteiger partial charge is 0.258 e. The van der Waals surface area contributed by atoms with E-state index in [-0.39, 0.29) is 5.91 Å². The molecule has 2 aromatic carbocycles. The first-order chi connectivity index (χ1) is 11.0. The van der Waals surface area contributed by atoms with E-state index < -0.39 is 0 Å². The molecule has 1 N–H and O–H groups in total. The maximum Gasteiger partial charge on any atom is 0.258 e. The fraction of sp³-hybridized carbons (Fsp3) is 0.222. The average molecular weight is 342 g/mol. The second-order valence-electron chi connectivity index (χ2n) is 5.56. The molecule has 0 aliphatic rings. The average Bonchev–Trinajstić information content (AvgIpc) is 2.91. The van der Waals surface area contributed by atoms with Crippen LogP contribution in [-0.4, -0.2) is 16.1 Å². The van der Waals surface area contributed by atoms with Crippen molar-refractivity contribution in [1.29, 1.82) is 0 Å². The predicted octanol–water partition coefficient (Wildman–Crippen LogP) is 5.36. The molecular formula is C18H18N2OS2. The van der Waals surface area contributed by atoms with Crippen molar-refractivity contribution in [2.45, 2.75) is 30.9 Å². The topological polar surface area (TPSA) is 42.0 Å². The minimum atomic E-state index is -0.106. The Labute approximate surface area is 144 Å². The number of fused-ring (bicyclic) bond motifs is 1. The lowest BCUT2D eigenvalue weighted by atomic mass is 10.2. The van der Waals surface area contributed by atoms with Crippen molar-refractivity contribution < 1.29 is 4.79 Å². The Hall–Kier alpha value is -1.85. The number of rotatable bonds is 4. The number of nitrogens with zero attached hydrogens (tertiary/aromatic N) is 1. The Kier molecular flexibility index (Phi) is 4.68. The number of hydrogen-bond acceptors (Lipinski definition) is 4. The van der Waals surface area contributed by atoms with Crippen molar-refractivity contribution in [3.8, 4) is 0 Å². The third-order valence-corrected chi connectivity index (χ3v) is 5.35. The van der Waals surface area contributed by atoms with Crippen molar-refractivity contribution in [3.05, 3.63) is 53.6 Å². The maximum atomic E-state index is 12.6. The van der Waals surface area contributed by atoms with Gasteiger partial charge in [0.1, 0.15) is 0 Å². The molecule has 0 bridgehead atoms. The van der Waals surface area contributed by atoms with Crippen molar-refractivity contribution in [2.75, 3.05) is 5.32 Å². The van der Waals surface area contributed by atoms with Crippen LogP contribution < -0.4 is 5.32 Å². The summed E-state index contributed by atoms with van der Waals surface area (Å²) in [6, 6.07) is 13.8. The molecular weight excluding hydrogens is 324 g/mol. The molecule has 0 saturated carbocycles. The first kappa shape index (κ1) is 16.0. The van der Waals surface area contributed by atoms with Crippen molar-refractivity contribution >= 4 is 44.4 Å². The highest BCUT2D eigenvalue weighted by Gasteiger charge is 2.15. The molecule has 0 saturated heterocycles. The van der Waals surface area contributed by atoms with Crippen molar-refractivity contribution in [1.82, 2.24) is 4.98 Å². The van der Waals surface area contributed by atoms with Gasteiger partial charge in [0.05, 0.1) is 15.8 Å². The third-order valence-electron chi connectivity index (χ3n) is 3.34. The van der Waals surface area contributed by atoms with Gasteiger partial charge < -0.3 is 0 Å². The van der Waals surface area contributed by atoms with Crippen LogP contribution in [0.15, 0.2) is 47.4 Å². The van der Waals surface area contributed by atoms with Crippen LogP contribution in [0, 0.1) is 6.92 Å². The number of hydrogen-bond donors (Lipinski definition) is 1. The van der Waals surface area contributed by atoms with Crippen LogP contribution in [0.3, 0.4) is 0 Å². The van der Waals surface area contributed by atoms with Gasteiger partial charge in [0, 0.05) is 10.1 Å². The third kappa shape index (κ3) is 3.57. The van der Waals surface area contributed by atoms with Crippen LogP contribution in [0.5, 0.6) is 0 Å². The van der Waals surface area contributed by atoms with E-state index in [0.29, 0.717) is 15.9 Å². The molecule has 3 aromatic rings. The van der Waals surface area contributed by atoms with Crippen LogP contribution in [0.4, 0.5) is 5.13 Å². The van der Waals surface area contributed by atoms with Crippen LogP contribution in [0.25, 0.3) is 10.2 Å². The van der Waals surface area contributed by atoms with E-state index in [0.717, 1.165) is 20.7 Å². The zero-order valence-corrected chi connectivity index (χ0v) is 14.9. The summed E-state index contributed by atoms with van der Waals surface area (Å²) in [4.78, 5) is 18.2. The van der Waals surface area contributed by atoms with Crippen LogP contribution in [0.1, 0.15) is 29.8 Å². The number of anilines is 1. The number of thioether (sulfide) groups is 1. The first-order valence-corrected chi connectivity index (χ1v) is 9.17. The number of aromatic nitrogens is 1. The molecule has 0 spiro atoms. The molecule has 3 nitrogen and oxygen atoms in total. The van der Waals surface area contributed by atoms with Gasteiger partial charge in [-0.1, -0.05) is 49.4 Å². The fourth-order valence-electron chi connectivity index (χ4n) is 2.32. The lowest BCUT2D eigenvalue weighted by Gasteiger charge is -2.10. The zero-order chi connectivity index (χ0) is 16.4. The highest BCUT2D eigenvalue weighted by Crippen LogP contribution is 2.30. The molecule has 0 aliphatic carbocycles. The van der Waals surface area contributed by atoms with Crippen LogP contribution >= 0.6 is 23.1 Å². The van der Waals surface area contributed by atoms with Gasteiger partial charge in [-0.2, -0.15) is 0 Å². The standard InChI is InChI=1S/C18H18N2OS2/c1-11(2)22-14-9-5-4-8-13(14)17(21)20-18-19-16-12(3)7-6-10-15(16)23-18/h4-11H,1-3H3,(H,19,20,21). The molecule has 5 heteroatoms. The van der Waals surface area contributed by atoms with E-state index in [1.807, 2.05) is 49.4 Å². The number of benzene rings is 2. The normalized spacial score (nSPS) is 11.1. The highest BCUT2D eigenvalue weighted by atomic mass is 32.2. The summed E-state index contributed by atoms with van der Waals surface area (Å²) in [5.41, 5.74) is 2.77. The molecule has 118 valence electrons. The molecule has 1 amide bonds. The molecule has 23 heavy (non-hydrogen) atoms. The van der Waals surface area contributed by atoms with Gasteiger partial charge in [0.2, 0.25) is 0 Å². The Bertz CT molecular complexity index is 855. The van der Waals surface area contributed by atoms with E-state index in [2.05, 4.69) is 24.1 Å². The van der Waals surface area contributed by atoms with Crippen LogP contribution in [-0.2, 0) is 0 Å². The summed E-state index contributed by atoms with van der Waals surface area (Å²) in [7, 11) is 0. The van der Waals surface area contributed by atoms with Gasteiger partial charge in [0.15, 0.2) is 5.13 Å². The summed E-state index contributed by atoms with van der Waals surface area (Å²) in [6.07, 6.45) is 0. The van der Waals surface area contributed by atoms with Gasteiger partial charge in [-0.05, 0) is 30.7 Å². The number of aryl methyl sites for hydroxylation is 1. The predicted molar refractivity (Wildman–Crippen MR) is 99.7 cm³/mol. The number of thiazole rings is 1. The first-order valence-electron chi connectivity index (χ1n) is 7.48. The Morgan fingerprint density at radius 1 is 1.17 bits per heavy atom. The largest absolute Gasteiger partial charge is 0.298 e. The fourth-order valence-corrected chi connectivity index (χ4v) is 4.21. The van der Waals surface area contributed by atoms with Gasteiger partial charge in [0.25, 0.3) is 5.91 Å². The molecule has 1 aromatic heterocycles. The number of para-hydroxylation sites is 1. The minimum absolute atomic E-state index is 0.106. The molecule has 1 heterocycles. The van der Waals surface area contributed by atoms with E-state index >= 15 is 0 Å². The number of carbonyl (C=O) groups is 1. The second kappa shape index (κ2) is 6.72. The number of amides is 1. The van der Waals surface area contributed by atoms with Gasteiger partial charge >= 0.3 is 0 Å². The van der Waals surface area contributed by atoms with E-state index in [1.165, 1.54) is 11.3 Å². The summed E-state index contributed by atoms with van der Waals surface area (Å²) in [5.74, 6) is -0.106. The molecule has 3 rings (SSSR count). The lowest BCUT2D eigenvalue weighted by molar-refractivity contribution is 0.102. The SMILES string of the molecule is Cc1cccc2sc(NC(=O)c3ccccc3SC(C)C)nc12. The summed E-state index contributed by atoms with van der Waals surface area (Å²) >= 11 is 3.20. The highest BCUT2D eigenvalue weighted by molar-refractivity contribution is 8.00. The van der Waals surface area contributed by atoms with Gasteiger partial charge in [-0.15, -0.1) is 11.8 Å². The Morgan fingerprint density at radius 2 is 1.96 bits per heavy atom. The van der Waals surface area contributed by atoms with Gasteiger partial charge in [-0.3, -0.25) is 10.1 Å². The van der Waals surface area contributed by atoms with E-state index in [4.69, 9.17) is 0 Å². The number of carbonyl (C=O) groups excluding carboxylic acids is 1. The molecule has 0 unspecified atom stereocenters. The maximum absolute atomic E-state index is 12.6. The van der Waals surface area contributed by atoms with Gasteiger partial charge in [-0.25, -0.2) is 4.98 Å². The Balaban J connectivity index is 1.87. The summed E-state index contributed by atoms with van der Waals surface area (Å²) in [5, 5.41) is 4.01. The quantitative estimate of drug-likeness (QED) is 0.649. The molecule has 0 radical (unpaired) electrons. The summed E-state index contributed by atoms with van der Waals surface area (Å²) < 4.78 is 1.09. The van der Waals surface area contributed by atoms with Crippen molar-refractivity contribution in [2.24, 2.45) is 0 Å². The molecule has 0 fully saturated rings.